The van der Waals surface area contributed by atoms with E-state index in [4.69, 9.17) is 4.74 Å². The molecule has 0 unspecified atom stereocenters. The van der Waals surface area contributed by atoms with Gasteiger partial charge in [-0.1, -0.05) is 6.92 Å². The molecule has 0 bridgehead atoms. The summed E-state index contributed by atoms with van der Waals surface area (Å²) >= 11 is 0. The third-order valence-corrected chi connectivity index (χ3v) is 3.04. The van der Waals surface area contributed by atoms with Gasteiger partial charge in [-0.25, -0.2) is 0 Å². The van der Waals surface area contributed by atoms with Crippen molar-refractivity contribution in [2.75, 3.05) is 7.11 Å². The van der Waals surface area contributed by atoms with Crippen molar-refractivity contribution in [3.05, 3.63) is 30.0 Å². The average Bonchev–Trinajstić information content (AvgIpc) is 2.78. The topological polar surface area (TPSA) is 42.1 Å². The summed E-state index contributed by atoms with van der Waals surface area (Å²) in [5, 5.41) is 1.15. The van der Waals surface area contributed by atoms with Crippen molar-refractivity contribution in [2.45, 2.75) is 26.2 Å². The highest BCUT2D eigenvalue weighted by atomic mass is 16.5. The first-order valence-electron chi connectivity index (χ1n) is 5.90. The van der Waals surface area contributed by atoms with Crippen LogP contribution in [0.15, 0.2) is 24.4 Å². The fourth-order valence-electron chi connectivity index (χ4n) is 1.94. The monoisotopic (exact) mass is 231 g/mol. The van der Waals surface area contributed by atoms with Crippen LogP contribution in [-0.2, 0) is 11.2 Å². The molecule has 0 atom stereocenters. The van der Waals surface area contributed by atoms with Gasteiger partial charge in [-0.3, -0.25) is 4.79 Å². The van der Waals surface area contributed by atoms with E-state index in [0.29, 0.717) is 18.6 Å². The number of rotatable bonds is 5. The maximum absolute atomic E-state index is 11.3. The van der Waals surface area contributed by atoms with Crippen LogP contribution in [-0.4, -0.2) is 17.9 Å². The van der Waals surface area contributed by atoms with E-state index >= 15 is 0 Å². The lowest BCUT2D eigenvalue weighted by molar-refractivity contribution is -0.118. The Labute approximate surface area is 101 Å². The van der Waals surface area contributed by atoms with E-state index in [-0.39, 0.29) is 0 Å². The highest BCUT2D eigenvalue weighted by Crippen LogP contribution is 2.24. The van der Waals surface area contributed by atoms with Crippen LogP contribution < -0.4 is 4.74 Å². The largest absolute Gasteiger partial charge is 0.497 e. The minimum Gasteiger partial charge on any atom is -0.497 e. The van der Waals surface area contributed by atoms with Gasteiger partial charge in [-0.15, -0.1) is 0 Å². The molecular formula is C14H17NO2. The number of aromatic amines is 1. The van der Waals surface area contributed by atoms with E-state index in [0.717, 1.165) is 23.1 Å². The molecule has 3 heteroatoms. The number of benzene rings is 1. The molecule has 1 N–H and O–H groups in total. The van der Waals surface area contributed by atoms with Crippen LogP contribution in [0.1, 0.15) is 25.3 Å². The zero-order valence-corrected chi connectivity index (χ0v) is 10.2. The van der Waals surface area contributed by atoms with Crippen LogP contribution in [0.5, 0.6) is 5.75 Å². The van der Waals surface area contributed by atoms with Crippen LogP contribution in [0.2, 0.25) is 0 Å². The van der Waals surface area contributed by atoms with E-state index in [1.165, 1.54) is 5.56 Å². The number of Topliss-reactive ketones (excluding diaryl/α,β-unsaturated/α-hetero) is 1. The third-order valence-electron chi connectivity index (χ3n) is 3.04. The minimum absolute atomic E-state index is 0.308. The van der Waals surface area contributed by atoms with Crippen LogP contribution in [0, 0.1) is 0 Å². The molecule has 0 aliphatic heterocycles. The maximum atomic E-state index is 11.3. The van der Waals surface area contributed by atoms with Crippen molar-refractivity contribution in [2.24, 2.45) is 0 Å². The molecule has 0 aliphatic carbocycles. The third kappa shape index (κ3) is 2.49. The quantitative estimate of drug-likeness (QED) is 0.859. The molecule has 0 spiro atoms. The second kappa shape index (κ2) is 5.04. The van der Waals surface area contributed by atoms with E-state index in [1.807, 2.05) is 31.3 Å². The summed E-state index contributed by atoms with van der Waals surface area (Å²) in [6.45, 7) is 1.90. The molecule has 2 rings (SSSR count). The Balaban J connectivity index is 2.25. The number of carbonyl (C=O) groups is 1. The molecule has 1 heterocycles. The summed E-state index contributed by atoms with van der Waals surface area (Å²) in [7, 11) is 1.66. The first-order valence-corrected chi connectivity index (χ1v) is 5.90. The molecule has 2 aromatic rings. The van der Waals surface area contributed by atoms with E-state index in [1.54, 1.807) is 7.11 Å². The number of hydrogen-bond donors (Lipinski definition) is 1. The summed E-state index contributed by atoms with van der Waals surface area (Å²) in [6, 6.07) is 5.94. The highest BCUT2D eigenvalue weighted by molar-refractivity contribution is 5.85. The number of carbonyl (C=O) groups excluding carboxylic acids is 1. The van der Waals surface area contributed by atoms with Gasteiger partial charge in [0.15, 0.2) is 0 Å². The lowest BCUT2D eigenvalue weighted by Crippen LogP contribution is -1.97. The molecule has 0 radical (unpaired) electrons. The number of ether oxygens (including phenoxy) is 1. The first kappa shape index (κ1) is 11.7. The SMILES string of the molecule is CCC(=O)CCc1c[nH]c2ccc(OC)cc12. The summed E-state index contributed by atoms with van der Waals surface area (Å²) in [5.41, 5.74) is 2.27. The summed E-state index contributed by atoms with van der Waals surface area (Å²) in [4.78, 5) is 14.5. The molecule has 90 valence electrons. The second-order valence-electron chi connectivity index (χ2n) is 4.12. The van der Waals surface area contributed by atoms with Crippen molar-refractivity contribution < 1.29 is 9.53 Å². The smallest absolute Gasteiger partial charge is 0.132 e. The lowest BCUT2D eigenvalue weighted by Gasteiger charge is -2.01. The predicted octanol–water partition coefficient (Wildman–Crippen LogP) is 3.09. The van der Waals surface area contributed by atoms with E-state index in [2.05, 4.69) is 4.98 Å². The molecule has 0 fully saturated rings. The number of hydrogen-bond acceptors (Lipinski definition) is 2. The summed E-state index contributed by atoms with van der Waals surface area (Å²) in [5.74, 6) is 1.16. The van der Waals surface area contributed by atoms with Gasteiger partial charge in [0.2, 0.25) is 0 Å². The highest BCUT2D eigenvalue weighted by Gasteiger charge is 2.06. The van der Waals surface area contributed by atoms with Gasteiger partial charge in [-0.05, 0) is 30.2 Å². The molecule has 0 saturated carbocycles. The Morgan fingerprint density at radius 2 is 2.24 bits per heavy atom. The first-order chi connectivity index (χ1) is 8.24. The van der Waals surface area contributed by atoms with E-state index in [9.17, 15) is 4.79 Å². The van der Waals surface area contributed by atoms with Gasteiger partial charge in [0, 0.05) is 29.9 Å². The van der Waals surface area contributed by atoms with Crippen molar-refractivity contribution >= 4 is 16.7 Å². The number of nitrogens with one attached hydrogen (secondary N) is 1. The van der Waals surface area contributed by atoms with Gasteiger partial charge >= 0.3 is 0 Å². The van der Waals surface area contributed by atoms with E-state index < -0.39 is 0 Å². The van der Waals surface area contributed by atoms with Gasteiger partial charge in [0.25, 0.3) is 0 Å². The fourth-order valence-corrected chi connectivity index (χ4v) is 1.94. The van der Waals surface area contributed by atoms with Crippen molar-refractivity contribution in [3.63, 3.8) is 0 Å². The van der Waals surface area contributed by atoms with Crippen LogP contribution in [0.4, 0.5) is 0 Å². The van der Waals surface area contributed by atoms with Gasteiger partial charge < -0.3 is 9.72 Å². The Morgan fingerprint density at radius 1 is 1.41 bits per heavy atom. The van der Waals surface area contributed by atoms with Gasteiger partial charge in [0.05, 0.1) is 7.11 Å². The Morgan fingerprint density at radius 3 is 2.94 bits per heavy atom. The predicted molar refractivity (Wildman–Crippen MR) is 68.5 cm³/mol. The standard InChI is InChI=1S/C14H17NO2/c1-3-11(16)5-4-10-9-15-14-7-6-12(17-2)8-13(10)14/h6-9,15H,3-5H2,1-2H3. The van der Waals surface area contributed by atoms with Gasteiger partial charge in [-0.2, -0.15) is 0 Å². The molecule has 0 aliphatic rings. The second-order valence-corrected chi connectivity index (χ2v) is 4.12. The Bertz CT molecular complexity index is 528. The average molecular weight is 231 g/mol. The van der Waals surface area contributed by atoms with Crippen molar-refractivity contribution in [1.82, 2.24) is 4.98 Å². The summed E-state index contributed by atoms with van der Waals surface area (Å²) in [6.07, 6.45) is 4.00. The van der Waals surface area contributed by atoms with Crippen molar-refractivity contribution in [1.29, 1.82) is 0 Å². The van der Waals surface area contributed by atoms with Crippen LogP contribution in [0.3, 0.4) is 0 Å². The zero-order chi connectivity index (χ0) is 12.3. The molecule has 0 saturated heterocycles. The molecule has 1 aromatic heterocycles. The normalized spacial score (nSPS) is 10.7. The molecule has 0 amide bonds. The lowest BCUT2D eigenvalue weighted by atomic mass is 10.1. The fraction of sp³-hybridized carbons (Fsp3) is 0.357. The number of aryl methyl sites for hydroxylation is 1. The minimum atomic E-state index is 0.308. The van der Waals surface area contributed by atoms with Crippen LogP contribution >= 0.6 is 0 Å². The number of methoxy groups -OCH3 is 1. The maximum Gasteiger partial charge on any atom is 0.132 e. The number of ketones is 1. The van der Waals surface area contributed by atoms with Gasteiger partial charge in [0.1, 0.15) is 11.5 Å². The molecule has 1 aromatic carbocycles. The number of fused-ring (bicyclic) bond motifs is 1. The summed E-state index contributed by atoms with van der Waals surface area (Å²) < 4.78 is 5.21. The molecule has 3 nitrogen and oxygen atoms in total. The Hall–Kier alpha value is -1.77. The number of H-pyrrole nitrogens is 1. The van der Waals surface area contributed by atoms with Crippen molar-refractivity contribution in [3.8, 4) is 5.75 Å². The molecular weight excluding hydrogens is 214 g/mol. The Kier molecular flexibility index (Phi) is 3.47. The zero-order valence-electron chi connectivity index (χ0n) is 10.2. The van der Waals surface area contributed by atoms with Crippen LogP contribution in [0.25, 0.3) is 10.9 Å². The molecule has 17 heavy (non-hydrogen) atoms. The number of aromatic nitrogens is 1.